The molecular formula is C17H24N2O3. The molecule has 1 N–H and O–H groups in total. The van der Waals surface area contributed by atoms with E-state index in [1.165, 1.54) is 0 Å². The summed E-state index contributed by atoms with van der Waals surface area (Å²) in [4.78, 5) is 26.3. The maximum atomic E-state index is 12.4. The van der Waals surface area contributed by atoms with E-state index in [0.717, 1.165) is 17.7 Å². The van der Waals surface area contributed by atoms with Crippen LogP contribution >= 0.6 is 0 Å². The minimum Gasteiger partial charge on any atom is -0.382 e. The third-order valence-corrected chi connectivity index (χ3v) is 3.82. The van der Waals surface area contributed by atoms with E-state index in [1.54, 1.807) is 4.90 Å². The van der Waals surface area contributed by atoms with Gasteiger partial charge in [0, 0.05) is 38.3 Å². The highest BCUT2D eigenvalue weighted by molar-refractivity contribution is 6.03. The monoisotopic (exact) mass is 304 g/mol. The lowest BCUT2D eigenvalue weighted by molar-refractivity contribution is -0.126. The molecule has 1 aliphatic heterocycles. The number of hydrogen-bond donors (Lipinski definition) is 1. The number of para-hydroxylation sites is 1. The van der Waals surface area contributed by atoms with Crippen LogP contribution in [0.1, 0.15) is 32.3 Å². The number of ether oxygens (including phenoxy) is 1. The van der Waals surface area contributed by atoms with Crippen LogP contribution in [0.3, 0.4) is 0 Å². The average molecular weight is 304 g/mol. The minimum atomic E-state index is -0.433. The highest BCUT2D eigenvalue weighted by Crippen LogP contribution is 2.32. The third kappa shape index (κ3) is 3.65. The van der Waals surface area contributed by atoms with Crippen molar-refractivity contribution in [2.24, 2.45) is 0 Å². The molecule has 0 bridgehead atoms. The fourth-order valence-electron chi connectivity index (χ4n) is 2.72. The van der Waals surface area contributed by atoms with Gasteiger partial charge in [-0.2, -0.15) is 0 Å². The van der Waals surface area contributed by atoms with Crippen molar-refractivity contribution in [3.8, 4) is 0 Å². The first-order valence-corrected chi connectivity index (χ1v) is 7.94. The molecule has 1 atom stereocenters. The van der Waals surface area contributed by atoms with Crippen LogP contribution in [0.2, 0.25) is 0 Å². The highest BCUT2D eigenvalue weighted by Gasteiger charge is 2.37. The second kappa shape index (κ2) is 7.94. The predicted octanol–water partition coefficient (Wildman–Crippen LogP) is 1.90. The van der Waals surface area contributed by atoms with Crippen LogP contribution in [-0.2, 0) is 20.7 Å². The number of benzene rings is 1. The number of nitrogens with zero attached hydrogens (tertiary/aromatic N) is 1. The number of fused-ring (bicyclic) bond motifs is 1. The van der Waals surface area contributed by atoms with Gasteiger partial charge in [0.15, 0.2) is 0 Å². The van der Waals surface area contributed by atoms with Gasteiger partial charge in [0.2, 0.25) is 11.8 Å². The minimum absolute atomic E-state index is 0.0144. The summed E-state index contributed by atoms with van der Waals surface area (Å²) >= 11 is 0. The summed E-state index contributed by atoms with van der Waals surface area (Å²) < 4.78 is 5.25. The molecule has 1 aliphatic rings. The molecule has 0 radical (unpaired) electrons. The van der Waals surface area contributed by atoms with Crippen LogP contribution in [0.15, 0.2) is 24.3 Å². The molecule has 22 heavy (non-hydrogen) atoms. The van der Waals surface area contributed by atoms with Gasteiger partial charge in [-0.3, -0.25) is 14.5 Å². The lowest BCUT2D eigenvalue weighted by Crippen LogP contribution is -2.48. The zero-order valence-electron chi connectivity index (χ0n) is 13.3. The summed E-state index contributed by atoms with van der Waals surface area (Å²) in [5.74, 6) is -0.103. The molecule has 120 valence electrons. The van der Waals surface area contributed by atoms with Crippen molar-refractivity contribution >= 4 is 17.5 Å². The normalized spacial score (nSPS) is 16.5. The number of hydrogen-bond acceptors (Lipinski definition) is 3. The molecule has 0 aliphatic carbocycles. The molecule has 5 heteroatoms. The van der Waals surface area contributed by atoms with E-state index in [9.17, 15) is 9.59 Å². The van der Waals surface area contributed by atoms with Crippen LogP contribution in [0.25, 0.3) is 0 Å². The highest BCUT2D eigenvalue weighted by atomic mass is 16.5. The summed E-state index contributed by atoms with van der Waals surface area (Å²) in [5.41, 5.74) is 1.92. The largest absolute Gasteiger partial charge is 0.382 e. The van der Waals surface area contributed by atoms with E-state index in [0.29, 0.717) is 32.6 Å². The molecule has 2 rings (SSSR count). The number of amides is 2. The Hall–Kier alpha value is -1.88. The molecule has 1 aromatic rings. The predicted molar refractivity (Wildman–Crippen MR) is 85.8 cm³/mol. The Balaban J connectivity index is 2.00. The molecule has 1 heterocycles. The molecular weight excluding hydrogens is 280 g/mol. The summed E-state index contributed by atoms with van der Waals surface area (Å²) in [6.07, 6.45) is 1.75. The quantitative estimate of drug-likeness (QED) is 0.783. The number of carbonyl (C=O) groups is 2. The van der Waals surface area contributed by atoms with Gasteiger partial charge in [-0.15, -0.1) is 0 Å². The number of anilines is 1. The standard InChI is InChI=1S/C17H24N2O3/c1-3-16(20)19-14-9-6-5-8-13(14)12-15(19)17(21)18-10-7-11-22-4-2/h5-6,8-9,15H,3-4,7,10-12H2,1-2H3,(H,18,21)/t15-/m0/s1. The first-order chi connectivity index (χ1) is 10.7. The summed E-state index contributed by atoms with van der Waals surface area (Å²) in [6, 6.07) is 7.29. The van der Waals surface area contributed by atoms with Gasteiger partial charge >= 0.3 is 0 Å². The van der Waals surface area contributed by atoms with Gasteiger partial charge in [-0.25, -0.2) is 0 Å². The van der Waals surface area contributed by atoms with Crippen LogP contribution < -0.4 is 10.2 Å². The van der Waals surface area contributed by atoms with Crippen molar-refractivity contribution in [3.63, 3.8) is 0 Å². The summed E-state index contributed by atoms with van der Waals surface area (Å²) in [6.45, 7) is 5.66. The number of carbonyl (C=O) groups excluding carboxylic acids is 2. The molecule has 0 fully saturated rings. The lowest BCUT2D eigenvalue weighted by Gasteiger charge is -2.24. The Morgan fingerprint density at radius 2 is 2.09 bits per heavy atom. The SMILES string of the molecule is CCOCCCNC(=O)[C@@H]1Cc2ccccc2N1C(=O)CC. The van der Waals surface area contributed by atoms with Crippen LogP contribution in [0.4, 0.5) is 5.69 Å². The topological polar surface area (TPSA) is 58.6 Å². The molecule has 2 amide bonds. The zero-order chi connectivity index (χ0) is 15.9. The van der Waals surface area contributed by atoms with Crippen LogP contribution in [0.5, 0.6) is 0 Å². The van der Waals surface area contributed by atoms with Gasteiger partial charge < -0.3 is 10.1 Å². The number of nitrogens with one attached hydrogen (secondary N) is 1. The Labute approximate surface area is 131 Å². The summed E-state index contributed by atoms with van der Waals surface area (Å²) in [5, 5.41) is 2.91. The van der Waals surface area contributed by atoms with E-state index in [1.807, 2.05) is 38.1 Å². The molecule has 0 saturated heterocycles. The van der Waals surface area contributed by atoms with Crippen molar-refractivity contribution in [1.82, 2.24) is 5.32 Å². The molecule has 5 nitrogen and oxygen atoms in total. The maximum absolute atomic E-state index is 12.4. The second-order valence-electron chi connectivity index (χ2n) is 5.31. The fourth-order valence-corrected chi connectivity index (χ4v) is 2.72. The van der Waals surface area contributed by atoms with Crippen LogP contribution in [-0.4, -0.2) is 37.6 Å². The van der Waals surface area contributed by atoms with E-state index in [4.69, 9.17) is 4.74 Å². The molecule has 0 aromatic heterocycles. The summed E-state index contributed by atoms with van der Waals surface area (Å²) in [7, 11) is 0. The Morgan fingerprint density at radius 1 is 1.32 bits per heavy atom. The van der Waals surface area contributed by atoms with E-state index >= 15 is 0 Å². The van der Waals surface area contributed by atoms with Crippen molar-refractivity contribution in [1.29, 1.82) is 0 Å². The first kappa shape index (κ1) is 16.5. The van der Waals surface area contributed by atoms with E-state index < -0.39 is 6.04 Å². The molecule has 0 saturated carbocycles. The van der Waals surface area contributed by atoms with Crippen LogP contribution in [0, 0.1) is 0 Å². The zero-order valence-corrected chi connectivity index (χ0v) is 13.3. The first-order valence-electron chi connectivity index (χ1n) is 7.94. The molecule has 0 unspecified atom stereocenters. The van der Waals surface area contributed by atoms with Gasteiger partial charge in [-0.1, -0.05) is 25.1 Å². The Bertz CT molecular complexity index is 530. The maximum Gasteiger partial charge on any atom is 0.243 e. The third-order valence-electron chi connectivity index (χ3n) is 3.82. The van der Waals surface area contributed by atoms with Gasteiger partial charge in [0.1, 0.15) is 6.04 Å². The van der Waals surface area contributed by atoms with Gasteiger partial charge in [0.25, 0.3) is 0 Å². The lowest BCUT2D eigenvalue weighted by atomic mass is 10.1. The van der Waals surface area contributed by atoms with Crippen molar-refractivity contribution in [2.75, 3.05) is 24.7 Å². The van der Waals surface area contributed by atoms with Crippen molar-refractivity contribution in [3.05, 3.63) is 29.8 Å². The smallest absolute Gasteiger partial charge is 0.243 e. The van der Waals surface area contributed by atoms with Crippen molar-refractivity contribution in [2.45, 2.75) is 39.2 Å². The Morgan fingerprint density at radius 3 is 2.82 bits per heavy atom. The van der Waals surface area contributed by atoms with E-state index in [-0.39, 0.29) is 11.8 Å². The molecule has 1 aromatic carbocycles. The average Bonchev–Trinajstić information content (AvgIpc) is 2.93. The van der Waals surface area contributed by atoms with Crippen molar-refractivity contribution < 1.29 is 14.3 Å². The van der Waals surface area contributed by atoms with Gasteiger partial charge in [0.05, 0.1) is 0 Å². The van der Waals surface area contributed by atoms with Gasteiger partial charge in [-0.05, 0) is 25.0 Å². The second-order valence-corrected chi connectivity index (χ2v) is 5.31. The Kier molecular flexibility index (Phi) is 5.95. The number of rotatable bonds is 7. The van der Waals surface area contributed by atoms with E-state index in [2.05, 4.69) is 5.32 Å². The fraction of sp³-hybridized carbons (Fsp3) is 0.529. The molecule has 0 spiro atoms.